The summed E-state index contributed by atoms with van der Waals surface area (Å²) in [6.45, 7) is 0. The smallest absolute Gasteiger partial charge is 0.214 e. The van der Waals surface area contributed by atoms with Crippen molar-refractivity contribution in [2.45, 2.75) is 25.7 Å². The normalized spacial score (nSPS) is 12.5. The third-order valence-electron chi connectivity index (χ3n) is 5.15. The lowest BCUT2D eigenvalue weighted by atomic mass is 9.98. The molecule has 1 aromatic heterocycles. The largest absolute Gasteiger partial charge is 0.494 e. The van der Waals surface area contributed by atoms with Gasteiger partial charge in [0.15, 0.2) is 11.7 Å². The van der Waals surface area contributed by atoms with Crippen molar-refractivity contribution in [3.05, 3.63) is 59.2 Å². The number of hydrogen-bond acceptors (Lipinski definition) is 5. The Balaban J connectivity index is 1.54. The molecule has 2 aromatic carbocycles. The number of aromatic nitrogens is 1. The standard InChI is InChI=1S/C24H18N2O4/c1-2-15(27)7-3-6-10-20(28)14-11-12-19-17(13-14)23(29)22(25-19)21-16-8-4-5-9-18(16)26-24(21)30/h1,4-5,8-9,11-13,26,30H,3,6-7,10H2. The van der Waals surface area contributed by atoms with Crippen LogP contribution in [-0.2, 0) is 4.79 Å². The van der Waals surface area contributed by atoms with E-state index in [0.717, 1.165) is 0 Å². The first kappa shape index (κ1) is 19.3. The van der Waals surface area contributed by atoms with Crippen molar-refractivity contribution < 1.29 is 19.5 Å². The van der Waals surface area contributed by atoms with Crippen LogP contribution in [0.5, 0.6) is 5.88 Å². The third-order valence-corrected chi connectivity index (χ3v) is 5.15. The number of terminal acetylenes is 1. The molecule has 2 heterocycles. The molecule has 6 nitrogen and oxygen atoms in total. The fourth-order valence-electron chi connectivity index (χ4n) is 3.61. The Labute approximate surface area is 172 Å². The van der Waals surface area contributed by atoms with Crippen molar-refractivity contribution in [3.63, 3.8) is 0 Å². The Kier molecular flexibility index (Phi) is 5.03. The first-order chi connectivity index (χ1) is 14.5. The van der Waals surface area contributed by atoms with Crippen LogP contribution in [0.25, 0.3) is 10.9 Å². The second-order valence-electron chi connectivity index (χ2n) is 7.11. The number of Topliss-reactive ketones (excluding diaryl/α,β-unsaturated/α-hetero) is 3. The highest BCUT2D eigenvalue weighted by Crippen LogP contribution is 2.35. The van der Waals surface area contributed by atoms with Crippen molar-refractivity contribution in [2.75, 3.05) is 0 Å². The van der Waals surface area contributed by atoms with Crippen LogP contribution in [-0.4, -0.2) is 33.2 Å². The summed E-state index contributed by atoms with van der Waals surface area (Å²) in [7, 11) is 0. The predicted molar refractivity (Wildman–Crippen MR) is 114 cm³/mol. The lowest BCUT2D eigenvalue weighted by Gasteiger charge is -2.03. The zero-order valence-corrected chi connectivity index (χ0v) is 16.1. The summed E-state index contributed by atoms with van der Waals surface area (Å²) >= 11 is 0. The van der Waals surface area contributed by atoms with Gasteiger partial charge >= 0.3 is 0 Å². The number of rotatable bonds is 7. The Bertz CT molecular complexity index is 1270. The van der Waals surface area contributed by atoms with Crippen LogP contribution in [0.2, 0.25) is 0 Å². The summed E-state index contributed by atoms with van der Waals surface area (Å²) in [4.78, 5) is 43.9. The van der Waals surface area contributed by atoms with Crippen LogP contribution >= 0.6 is 0 Å². The number of para-hydroxylation sites is 1. The number of hydrogen-bond donors (Lipinski definition) is 2. The Morgan fingerprint density at radius 3 is 2.67 bits per heavy atom. The van der Waals surface area contributed by atoms with Crippen molar-refractivity contribution in [2.24, 2.45) is 4.99 Å². The predicted octanol–water partition coefficient (Wildman–Crippen LogP) is 4.14. The number of nitrogens with one attached hydrogen (secondary N) is 1. The van der Waals surface area contributed by atoms with E-state index in [0.29, 0.717) is 46.1 Å². The summed E-state index contributed by atoms with van der Waals surface area (Å²) < 4.78 is 0. The summed E-state index contributed by atoms with van der Waals surface area (Å²) in [6.07, 6.45) is 6.65. The van der Waals surface area contributed by atoms with Gasteiger partial charge in [0, 0.05) is 29.3 Å². The maximum atomic E-state index is 13.0. The molecule has 0 radical (unpaired) electrons. The van der Waals surface area contributed by atoms with E-state index in [1.807, 2.05) is 12.1 Å². The number of aromatic hydroxyl groups is 1. The molecule has 1 aliphatic heterocycles. The van der Waals surface area contributed by atoms with E-state index in [-0.39, 0.29) is 41.8 Å². The Hall–Kier alpha value is -3.98. The van der Waals surface area contributed by atoms with E-state index < -0.39 is 0 Å². The molecule has 0 fully saturated rings. The van der Waals surface area contributed by atoms with Gasteiger partial charge in [-0.2, -0.15) is 0 Å². The number of unbranched alkanes of at least 4 members (excludes halogenated alkanes) is 1. The van der Waals surface area contributed by atoms with Gasteiger partial charge in [0.2, 0.25) is 11.6 Å². The monoisotopic (exact) mass is 398 g/mol. The molecule has 0 atom stereocenters. The van der Waals surface area contributed by atoms with Crippen LogP contribution in [0.3, 0.4) is 0 Å². The lowest BCUT2D eigenvalue weighted by Crippen LogP contribution is -2.11. The number of aliphatic imine (C=N–C) groups is 1. The second-order valence-corrected chi connectivity index (χ2v) is 7.11. The molecule has 0 saturated heterocycles. The molecule has 0 spiro atoms. The first-order valence-electron chi connectivity index (χ1n) is 9.59. The molecule has 4 rings (SSSR count). The van der Waals surface area contributed by atoms with Crippen molar-refractivity contribution in [1.29, 1.82) is 0 Å². The second kappa shape index (κ2) is 7.80. The zero-order chi connectivity index (χ0) is 21.3. The molecular formula is C24H18N2O4. The van der Waals surface area contributed by atoms with E-state index in [9.17, 15) is 19.5 Å². The zero-order valence-electron chi connectivity index (χ0n) is 16.1. The average Bonchev–Trinajstić information content (AvgIpc) is 3.25. The van der Waals surface area contributed by atoms with Gasteiger partial charge in [-0.15, -0.1) is 6.42 Å². The van der Waals surface area contributed by atoms with Crippen LogP contribution in [0.1, 0.15) is 52.0 Å². The third kappa shape index (κ3) is 3.42. The minimum absolute atomic E-state index is 0.109. The number of H-pyrrole nitrogens is 1. The van der Waals surface area contributed by atoms with E-state index in [1.54, 1.807) is 30.3 Å². The topological polar surface area (TPSA) is 99.6 Å². The number of aromatic amines is 1. The van der Waals surface area contributed by atoms with Crippen LogP contribution in [0.15, 0.2) is 47.5 Å². The van der Waals surface area contributed by atoms with Gasteiger partial charge in [-0.1, -0.05) is 18.2 Å². The van der Waals surface area contributed by atoms with Gasteiger partial charge in [0.25, 0.3) is 0 Å². The van der Waals surface area contributed by atoms with E-state index in [2.05, 4.69) is 15.9 Å². The molecular weight excluding hydrogens is 380 g/mol. The molecule has 1 aliphatic rings. The number of nitrogens with zero attached hydrogens (tertiary/aromatic N) is 1. The highest BCUT2D eigenvalue weighted by Gasteiger charge is 2.30. The van der Waals surface area contributed by atoms with Gasteiger partial charge in [0.1, 0.15) is 5.71 Å². The number of carbonyl (C=O) groups excluding carboxylic acids is 3. The van der Waals surface area contributed by atoms with Crippen molar-refractivity contribution >= 4 is 39.7 Å². The highest BCUT2D eigenvalue weighted by atomic mass is 16.3. The molecule has 0 aliphatic carbocycles. The molecule has 3 aromatic rings. The highest BCUT2D eigenvalue weighted by molar-refractivity contribution is 6.56. The molecule has 0 unspecified atom stereocenters. The fourth-order valence-corrected chi connectivity index (χ4v) is 3.61. The van der Waals surface area contributed by atoms with Crippen molar-refractivity contribution in [1.82, 2.24) is 4.98 Å². The molecule has 30 heavy (non-hydrogen) atoms. The molecule has 6 heteroatoms. The van der Waals surface area contributed by atoms with Crippen LogP contribution in [0.4, 0.5) is 5.69 Å². The van der Waals surface area contributed by atoms with Crippen LogP contribution < -0.4 is 0 Å². The van der Waals surface area contributed by atoms with Gasteiger partial charge in [-0.25, -0.2) is 4.99 Å². The maximum absolute atomic E-state index is 13.0. The van der Waals surface area contributed by atoms with Gasteiger partial charge in [-0.05, 0) is 43.0 Å². The van der Waals surface area contributed by atoms with Gasteiger partial charge in [-0.3, -0.25) is 14.4 Å². The van der Waals surface area contributed by atoms with Gasteiger partial charge in [0.05, 0.1) is 16.8 Å². The number of fused-ring (bicyclic) bond motifs is 2. The van der Waals surface area contributed by atoms with E-state index >= 15 is 0 Å². The molecule has 0 bridgehead atoms. The minimum atomic E-state index is -0.334. The number of benzene rings is 2. The number of ketones is 3. The molecule has 2 N–H and O–H groups in total. The molecule has 148 valence electrons. The Morgan fingerprint density at radius 2 is 1.87 bits per heavy atom. The molecule has 0 amide bonds. The van der Waals surface area contributed by atoms with Crippen molar-refractivity contribution in [3.8, 4) is 18.2 Å². The summed E-state index contributed by atoms with van der Waals surface area (Å²) in [5.74, 6) is 1.23. The quantitative estimate of drug-likeness (QED) is 0.270. The SMILES string of the molecule is C#CC(=O)CCCCC(=O)c1ccc2c(c1)C(=O)C(c1c(O)[nH]c3ccccc13)=N2. The molecule has 0 saturated carbocycles. The van der Waals surface area contributed by atoms with Gasteiger partial charge < -0.3 is 10.1 Å². The summed E-state index contributed by atoms with van der Waals surface area (Å²) in [5.41, 5.74) is 2.44. The lowest BCUT2D eigenvalue weighted by molar-refractivity contribution is -0.113. The first-order valence-corrected chi connectivity index (χ1v) is 9.59. The fraction of sp³-hybridized carbons (Fsp3) is 0.167. The minimum Gasteiger partial charge on any atom is -0.494 e. The summed E-state index contributed by atoms with van der Waals surface area (Å²) in [5, 5.41) is 11.0. The van der Waals surface area contributed by atoms with E-state index in [1.165, 1.54) is 0 Å². The maximum Gasteiger partial charge on any atom is 0.214 e. The van der Waals surface area contributed by atoms with Crippen LogP contribution in [0, 0.1) is 12.3 Å². The summed E-state index contributed by atoms with van der Waals surface area (Å²) in [6, 6.07) is 12.1. The number of carbonyl (C=O) groups is 3. The average molecular weight is 398 g/mol. The Morgan fingerprint density at radius 1 is 1.10 bits per heavy atom. The van der Waals surface area contributed by atoms with E-state index in [4.69, 9.17) is 6.42 Å².